The molecule has 1 amide bonds. The summed E-state index contributed by atoms with van der Waals surface area (Å²) >= 11 is 0. The van der Waals surface area contributed by atoms with Crippen LogP contribution in [0.25, 0.3) is 0 Å². The summed E-state index contributed by atoms with van der Waals surface area (Å²) in [5.74, 6) is -0.298. The topological polar surface area (TPSA) is 307 Å². The van der Waals surface area contributed by atoms with Crippen molar-refractivity contribution >= 4 is 5.91 Å². The number of carbonyl (C=O) groups excluding carboxylic acids is 1. The lowest BCUT2D eigenvalue weighted by Crippen LogP contribution is -2.66. The summed E-state index contributed by atoms with van der Waals surface area (Å²) in [6.07, 6.45) is 40.9. The molecule has 518 valence electrons. The van der Waals surface area contributed by atoms with Crippen molar-refractivity contribution in [3.63, 3.8) is 0 Å². The molecule has 17 unspecified atom stereocenters. The van der Waals surface area contributed by atoms with Crippen molar-refractivity contribution in [1.29, 1.82) is 0 Å². The standard InChI is InChI=1S/C71H121NO18/c1-3-5-7-9-11-13-15-17-19-21-23-24-25-26-27-28-29-30-31-33-35-37-39-41-43-45-47-49-59(77)72-54(55(76)48-46-44-42-40-38-36-34-32-22-20-18-16-14-12-10-8-6-4-2)53-85-69-65(83)62(80)67(57(51-74)87-69)90-71-66(84)63(81)68(58(52-75)88-71)89-70-64(82)61(79)60(78)56(50-73)86-70/h5,7,11,13,17,19,23-24,26-27,29-30,38,40,46,48,54-58,60-71,73-76,78-84H,3-4,6,8-10,12,14-16,18,20-22,25,28,31-37,39,41-45,47,49-53H2,1-2H3,(H,72,77)/b7-5-,13-11-,19-17-,24-23-,27-26-,30-29-,40-38+,48-46+. The Morgan fingerprint density at radius 3 is 1.24 bits per heavy atom. The van der Waals surface area contributed by atoms with Gasteiger partial charge in [0.25, 0.3) is 0 Å². The van der Waals surface area contributed by atoms with Crippen molar-refractivity contribution in [2.75, 3.05) is 26.4 Å². The van der Waals surface area contributed by atoms with Gasteiger partial charge in [0.2, 0.25) is 5.91 Å². The molecule has 0 bridgehead atoms. The number of aliphatic hydroxyl groups excluding tert-OH is 11. The number of hydrogen-bond donors (Lipinski definition) is 12. The smallest absolute Gasteiger partial charge is 0.220 e. The summed E-state index contributed by atoms with van der Waals surface area (Å²) in [4.78, 5) is 13.4. The summed E-state index contributed by atoms with van der Waals surface area (Å²) in [7, 11) is 0. The Morgan fingerprint density at radius 1 is 0.411 bits per heavy atom. The second kappa shape index (κ2) is 52.0. The highest BCUT2D eigenvalue weighted by atomic mass is 16.8. The molecule has 0 aromatic carbocycles. The molecule has 19 nitrogen and oxygen atoms in total. The van der Waals surface area contributed by atoms with Gasteiger partial charge in [-0.05, 0) is 83.5 Å². The fourth-order valence-electron chi connectivity index (χ4n) is 11.0. The molecule has 12 N–H and O–H groups in total. The third-order valence-electron chi connectivity index (χ3n) is 16.6. The molecule has 0 saturated carbocycles. The van der Waals surface area contributed by atoms with E-state index in [1.54, 1.807) is 6.08 Å². The van der Waals surface area contributed by atoms with Crippen LogP contribution in [0, 0.1) is 0 Å². The lowest BCUT2D eigenvalue weighted by atomic mass is 9.96. The maximum Gasteiger partial charge on any atom is 0.220 e. The van der Waals surface area contributed by atoms with E-state index in [1.165, 1.54) is 77.0 Å². The minimum absolute atomic E-state index is 0.220. The number of allylic oxidation sites excluding steroid dienone is 15. The van der Waals surface area contributed by atoms with Crippen molar-refractivity contribution in [3.8, 4) is 0 Å². The van der Waals surface area contributed by atoms with Gasteiger partial charge in [-0.2, -0.15) is 0 Å². The molecule has 3 rings (SSSR count). The van der Waals surface area contributed by atoms with E-state index in [0.29, 0.717) is 12.8 Å². The normalized spacial score (nSPS) is 28.7. The second-order valence-electron chi connectivity index (χ2n) is 24.2. The van der Waals surface area contributed by atoms with Crippen LogP contribution in [0.5, 0.6) is 0 Å². The zero-order chi connectivity index (χ0) is 65.4. The van der Waals surface area contributed by atoms with Gasteiger partial charge in [0, 0.05) is 6.42 Å². The van der Waals surface area contributed by atoms with E-state index in [-0.39, 0.29) is 18.9 Å². The van der Waals surface area contributed by atoms with Crippen LogP contribution in [0.3, 0.4) is 0 Å². The van der Waals surface area contributed by atoms with E-state index < -0.39 is 124 Å². The second-order valence-corrected chi connectivity index (χ2v) is 24.2. The monoisotopic (exact) mass is 1280 g/mol. The third kappa shape index (κ3) is 33.7. The number of unbranched alkanes of at least 4 members (excludes halogenated alkanes) is 21. The summed E-state index contributed by atoms with van der Waals surface area (Å²) in [5, 5.41) is 120. The average molecular weight is 1280 g/mol. The molecule has 17 atom stereocenters. The molecule has 3 saturated heterocycles. The van der Waals surface area contributed by atoms with E-state index in [1.807, 2.05) is 6.08 Å². The van der Waals surface area contributed by atoms with Gasteiger partial charge in [-0.25, -0.2) is 0 Å². The van der Waals surface area contributed by atoms with Crippen molar-refractivity contribution in [1.82, 2.24) is 5.32 Å². The molecule has 0 spiro atoms. The summed E-state index contributed by atoms with van der Waals surface area (Å²) in [6.45, 7) is 1.58. The molecule has 3 fully saturated rings. The number of amides is 1. The van der Waals surface area contributed by atoms with Crippen LogP contribution in [-0.2, 0) is 33.2 Å². The lowest BCUT2D eigenvalue weighted by Gasteiger charge is -2.48. The largest absolute Gasteiger partial charge is 0.394 e. The number of ether oxygens (including phenoxy) is 6. The Labute approximate surface area is 539 Å². The molecule has 3 aliphatic rings. The predicted molar refractivity (Wildman–Crippen MR) is 351 cm³/mol. The third-order valence-corrected chi connectivity index (χ3v) is 16.6. The fourth-order valence-corrected chi connectivity index (χ4v) is 11.0. The first-order valence-corrected chi connectivity index (χ1v) is 34.5. The average Bonchev–Trinajstić information content (AvgIpc) is 0.866. The quantitative estimate of drug-likeness (QED) is 0.0200. The highest BCUT2D eigenvalue weighted by Gasteiger charge is 2.53. The van der Waals surface area contributed by atoms with Crippen LogP contribution in [0.4, 0.5) is 0 Å². The van der Waals surface area contributed by atoms with Gasteiger partial charge in [0.15, 0.2) is 18.9 Å². The van der Waals surface area contributed by atoms with Gasteiger partial charge in [-0.1, -0.05) is 220 Å². The van der Waals surface area contributed by atoms with E-state index in [9.17, 15) is 61.0 Å². The molecule has 3 heterocycles. The first-order chi connectivity index (χ1) is 43.8. The van der Waals surface area contributed by atoms with Crippen molar-refractivity contribution in [2.45, 2.75) is 317 Å². The zero-order valence-electron chi connectivity index (χ0n) is 54.6. The molecule has 0 aromatic heterocycles. The van der Waals surface area contributed by atoms with Gasteiger partial charge in [0.1, 0.15) is 73.2 Å². The summed E-state index contributed by atoms with van der Waals surface area (Å²) in [6, 6.07) is -1.00. The highest BCUT2D eigenvalue weighted by Crippen LogP contribution is 2.33. The van der Waals surface area contributed by atoms with Crippen molar-refractivity contribution in [2.24, 2.45) is 0 Å². The van der Waals surface area contributed by atoms with Crippen LogP contribution in [0.2, 0.25) is 0 Å². The number of aliphatic hydroxyl groups is 11. The van der Waals surface area contributed by atoms with Gasteiger partial charge >= 0.3 is 0 Å². The lowest BCUT2D eigenvalue weighted by molar-refractivity contribution is -0.379. The SMILES string of the molecule is CC/C=C\C/C=C\C/C=C\C/C=C\C/C=C\C/C=C\CCCCCCCCCCC(=O)NC(COC1OC(CO)C(OC2OC(CO)C(OC3OC(CO)C(O)C(O)C3O)C(O)C2O)C(O)C1O)C(O)/C=C/CC/C=C/CCCCCCCCCCCCCC. The number of rotatable bonds is 51. The highest BCUT2D eigenvalue weighted by molar-refractivity contribution is 5.76. The van der Waals surface area contributed by atoms with E-state index in [0.717, 1.165) is 103 Å². The van der Waals surface area contributed by atoms with Gasteiger partial charge < -0.3 is 89.9 Å². The molecule has 0 aliphatic carbocycles. The molecule has 0 aromatic rings. The summed E-state index contributed by atoms with van der Waals surface area (Å²) in [5.41, 5.74) is 0. The minimum atomic E-state index is -1.99. The molecule has 0 radical (unpaired) electrons. The Kier molecular flexibility index (Phi) is 46.8. The van der Waals surface area contributed by atoms with Gasteiger partial charge in [-0.15, -0.1) is 0 Å². The van der Waals surface area contributed by atoms with E-state index in [4.69, 9.17) is 28.4 Å². The molecular formula is C71H121NO18. The summed E-state index contributed by atoms with van der Waals surface area (Å²) < 4.78 is 34.3. The maximum atomic E-state index is 13.4. The van der Waals surface area contributed by atoms with Crippen molar-refractivity contribution < 1.29 is 89.4 Å². The van der Waals surface area contributed by atoms with Crippen LogP contribution in [0.15, 0.2) is 97.2 Å². The molecular weight excluding hydrogens is 1150 g/mol. The molecule has 3 aliphatic heterocycles. The maximum absolute atomic E-state index is 13.4. The van der Waals surface area contributed by atoms with Gasteiger partial charge in [0.05, 0.1) is 38.6 Å². The van der Waals surface area contributed by atoms with Crippen LogP contribution in [-0.4, -0.2) is 193 Å². The van der Waals surface area contributed by atoms with Crippen LogP contribution in [0.1, 0.15) is 213 Å². The number of hydrogen-bond acceptors (Lipinski definition) is 18. The fraction of sp³-hybridized carbons (Fsp3) is 0.761. The zero-order valence-corrected chi connectivity index (χ0v) is 54.6. The number of carbonyl (C=O) groups is 1. The number of nitrogens with one attached hydrogen (secondary N) is 1. The predicted octanol–water partition coefficient (Wildman–Crippen LogP) is 8.88. The first kappa shape index (κ1) is 80.9. The van der Waals surface area contributed by atoms with Crippen LogP contribution >= 0.6 is 0 Å². The first-order valence-electron chi connectivity index (χ1n) is 34.5. The Balaban J connectivity index is 1.45. The minimum Gasteiger partial charge on any atom is -0.394 e. The van der Waals surface area contributed by atoms with Crippen LogP contribution < -0.4 is 5.32 Å². The van der Waals surface area contributed by atoms with E-state index >= 15 is 0 Å². The Hall–Kier alpha value is -3.29. The molecule has 19 heteroatoms. The Bertz CT molecular complexity index is 2010. The molecule has 90 heavy (non-hydrogen) atoms. The van der Waals surface area contributed by atoms with Gasteiger partial charge in [-0.3, -0.25) is 4.79 Å². The van der Waals surface area contributed by atoms with E-state index in [2.05, 4.69) is 104 Å². The van der Waals surface area contributed by atoms with Crippen molar-refractivity contribution in [3.05, 3.63) is 97.2 Å². The Morgan fingerprint density at radius 2 is 0.778 bits per heavy atom.